The zero-order valence-corrected chi connectivity index (χ0v) is 19.2. The number of hydrogen-bond acceptors (Lipinski definition) is 6. The van der Waals surface area contributed by atoms with E-state index in [4.69, 9.17) is 0 Å². The van der Waals surface area contributed by atoms with Gasteiger partial charge in [-0.15, -0.1) is 10.2 Å². The van der Waals surface area contributed by atoms with Crippen LogP contribution in [-0.2, 0) is 9.59 Å². The Bertz CT molecular complexity index is 1190. The fourth-order valence-corrected chi connectivity index (χ4v) is 3.60. The van der Waals surface area contributed by atoms with Gasteiger partial charge in [0.15, 0.2) is 10.9 Å². The molecule has 0 radical (unpaired) electrons. The largest absolute Gasteiger partial charge is 0.325 e. The summed E-state index contributed by atoms with van der Waals surface area (Å²) in [7, 11) is 0. The molecule has 0 aliphatic carbocycles. The lowest BCUT2D eigenvalue weighted by Crippen LogP contribution is -2.23. The first-order valence-corrected chi connectivity index (χ1v) is 11.1. The van der Waals surface area contributed by atoms with Crippen LogP contribution >= 0.6 is 11.8 Å². The van der Waals surface area contributed by atoms with Crippen molar-refractivity contribution in [2.45, 2.75) is 44.5 Å². The van der Waals surface area contributed by atoms with Crippen molar-refractivity contribution < 1.29 is 9.59 Å². The maximum absolute atomic E-state index is 12.7. The van der Waals surface area contributed by atoms with Gasteiger partial charge in [-0.2, -0.15) is 0 Å². The minimum Gasteiger partial charge on any atom is -0.325 e. The molecular weight excluding hydrogens is 426 g/mol. The third-order valence-electron chi connectivity index (χ3n) is 4.68. The second kappa shape index (κ2) is 10.2. The maximum atomic E-state index is 12.7. The summed E-state index contributed by atoms with van der Waals surface area (Å²) in [5, 5.41) is 13.5. The van der Waals surface area contributed by atoms with Crippen LogP contribution in [0.1, 0.15) is 31.4 Å². The lowest BCUT2D eigenvalue weighted by molar-refractivity contribution is -0.116. The van der Waals surface area contributed by atoms with Crippen LogP contribution in [0.25, 0.3) is 11.3 Å². The van der Waals surface area contributed by atoms with E-state index in [-0.39, 0.29) is 22.7 Å². The lowest BCUT2D eigenvalue weighted by Gasteiger charge is -2.12. The molecule has 0 bridgehead atoms. The molecule has 2 amide bonds. The molecule has 0 aliphatic rings. The second-order valence-electron chi connectivity index (χ2n) is 7.37. The van der Waals surface area contributed by atoms with Crippen LogP contribution in [0.2, 0.25) is 0 Å². The number of aromatic nitrogens is 3. The van der Waals surface area contributed by atoms with E-state index in [0.717, 1.165) is 22.9 Å². The zero-order valence-electron chi connectivity index (χ0n) is 18.4. The van der Waals surface area contributed by atoms with Gasteiger partial charge < -0.3 is 10.6 Å². The van der Waals surface area contributed by atoms with Crippen molar-refractivity contribution in [3.05, 3.63) is 63.9 Å². The van der Waals surface area contributed by atoms with Crippen LogP contribution in [0.4, 0.5) is 11.4 Å². The number of nitrogens with one attached hydrogen (secondary N) is 3. The molecule has 2 aromatic carbocycles. The van der Waals surface area contributed by atoms with Crippen LogP contribution in [0.5, 0.6) is 0 Å². The number of benzene rings is 2. The molecule has 3 rings (SSSR count). The highest BCUT2D eigenvalue weighted by Gasteiger charge is 2.19. The van der Waals surface area contributed by atoms with Crippen molar-refractivity contribution in [2.24, 2.45) is 0 Å². The van der Waals surface area contributed by atoms with Crippen molar-refractivity contribution in [1.29, 1.82) is 0 Å². The van der Waals surface area contributed by atoms with Gasteiger partial charge in [-0.1, -0.05) is 48.0 Å². The topological polar surface area (TPSA) is 117 Å². The number of carbonyl (C=O) groups is 2. The number of nitrogens with zero attached hydrogens (tertiary/aromatic N) is 2. The fraction of sp³-hybridized carbons (Fsp3) is 0.261. The predicted octanol–water partition coefficient (Wildman–Crippen LogP) is 3.92. The number of carbonyl (C=O) groups excluding carboxylic acids is 2. The van der Waals surface area contributed by atoms with Crippen molar-refractivity contribution in [3.63, 3.8) is 0 Å². The van der Waals surface area contributed by atoms with Crippen molar-refractivity contribution in [2.75, 3.05) is 10.6 Å². The summed E-state index contributed by atoms with van der Waals surface area (Å²) in [5.41, 5.74) is 3.34. The molecule has 9 heteroatoms. The van der Waals surface area contributed by atoms with E-state index in [1.165, 1.54) is 0 Å². The first-order valence-electron chi connectivity index (χ1n) is 10.2. The number of H-pyrrole nitrogens is 1. The summed E-state index contributed by atoms with van der Waals surface area (Å²) in [5.74, 6) is -0.381. The van der Waals surface area contributed by atoms with Crippen molar-refractivity contribution >= 4 is 35.0 Å². The summed E-state index contributed by atoms with van der Waals surface area (Å²) < 4.78 is 0. The second-order valence-corrected chi connectivity index (χ2v) is 8.70. The molecule has 8 nitrogen and oxygen atoms in total. The van der Waals surface area contributed by atoms with Crippen LogP contribution in [0.15, 0.2) is 52.4 Å². The summed E-state index contributed by atoms with van der Waals surface area (Å²) in [6, 6.07) is 12.8. The minimum atomic E-state index is -0.509. The van der Waals surface area contributed by atoms with E-state index in [2.05, 4.69) is 25.8 Å². The van der Waals surface area contributed by atoms with Gasteiger partial charge in [0.05, 0.1) is 10.9 Å². The van der Waals surface area contributed by atoms with Crippen LogP contribution in [0.3, 0.4) is 0 Å². The zero-order chi connectivity index (χ0) is 23.3. The summed E-state index contributed by atoms with van der Waals surface area (Å²) in [4.78, 5) is 39.8. The minimum absolute atomic E-state index is 0.0983. The molecule has 0 spiro atoms. The average molecular weight is 452 g/mol. The molecule has 0 saturated heterocycles. The van der Waals surface area contributed by atoms with Gasteiger partial charge in [-0.3, -0.25) is 19.4 Å². The van der Waals surface area contributed by atoms with Gasteiger partial charge >= 0.3 is 0 Å². The highest BCUT2D eigenvalue weighted by atomic mass is 32.2. The molecule has 3 aromatic rings. The average Bonchev–Trinajstić information content (AvgIpc) is 2.76. The van der Waals surface area contributed by atoms with Crippen LogP contribution < -0.4 is 16.2 Å². The molecule has 1 heterocycles. The Balaban J connectivity index is 1.77. The Hall–Kier alpha value is -3.46. The van der Waals surface area contributed by atoms with E-state index >= 15 is 0 Å². The Kier molecular flexibility index (Phi) is 7.42. The lowest BCUT2D eigenvalue weighted by atomic mass is 10.1. The van der Waals surface area contributed by atoms with Crippen LogP contribution in [-0.4, -0.2) is 32.2 Å². The number of aromatic amines is 1. The third-order valence-corrected chi connectivity index (χ3v) is 5.65. The highest BCUT2D eigenvalue weighted by Crippen LogP contribution is 2.26. The maximum Gasteiger partial charge on any atom is 0.278 e. The number of anilines is 2. The first kappa shape index (κ1) is 23.2. The van der Waals surface area contributed by atoms with E-state index < -0.39 is 10.8 Å². The normalized spacial score (nSPS) is 11.6. The molecule has 32 heavy (non-hydrogen) atoms. The quantitative estimate of drug-likeness (QED) is 0.469. The molecular formula is C23H25N5O3S. The number of thioether (sulfide) groups is 1. The van der Waals surface area contributed by atoms with E-state index in [0.29, 0.717) is 23.4 Å². The van der Waals surface area contributed by atoms with E-state index in [1.807, 2.05) is 44.2 Å². The predicted molar refractivity (Wildman–Crippen MR) is 127 cm³/mol. The molecule has 0 unspecified atom stereocenters. The van der Waals surface area contributed by atoms with Gasteiger partial charge in [-0.25, -0.2) is 0 Å². The van der Waals surface area contributed by atoms with Gasteiger partial charge in [0.25, 0.3) is 5.56 Å². The molecule has 0 fully saturated rings. The van der Waals surface area contributed by atoms with E-state index in [9.17, 15) is 14.4 Å². The number of hydrogen-bond donors (Lipinski definition) is 3. The molecule has 1 aromatic heterocycles. The molecule has 166 valence electrons. The summed E-state index contributed by atoms with van der Waals surface area (Å²) in [6.07, 6.45) is 0.313. The Morgan fingerprint density at radius 1 is 1.03 bits per heavy atom. The van der Waals surface area contributed by atoms with Gasteiger partial charge in [0.2, 0.25) is 11.8 Å². The number of amides is 2. The SMILES string of the molecule is CCC(=O)Nc1ccc(C)cc1-c1nnc(S[C@@H](C)C(=O)Nc2ccc(C)cc2)[nH]c1=O. The number of rotatable bonds is 7. The summed E-state index contributed by atoms with van der Waals surface area (Å²) in [6.45, 7) is 7.33. The standard InChI is InChI=1S/C23H25N5O3S/c1-5-19(29)25-18-11-8-14(3)12-17(18)20-22(31)26-23(28-27-20)32-15(4)21(30)24-16-9-6-13(2)7-10-16/h6-12,15H,5H2,1-4H3,(H,24,30)(H,25,29)(H,26,28,31)/t15-/m0/s1. The Morgan fingerprint density at radius 2 is 1.72 bits per heavy atom. The van der Waals surface area contributed by atoms with Gasteiger partial charge in [0, 0.05) is 17.7 Å². The van der Waals surface area contributed by atoms with E-state index in [1.54, 1.807) is 26.0 Å². The summed E-state index contributed by atoms with van der Waals surface area (Å²) >= 11 is 1.10. The third kappa shape index (κ3) is 5.82. The first-order chi connectivity index (χ1) is 15.3. The molecule has 1 atom stereocenters. The van der Waals surface area contributed by atoms with Gasteiger partial charge in [-0.05, 0) is 45.0 Å². The smallest absolute Gasteiger partial charge is 0.278 e. The molecule has 3 N–H and O–H groups in total. The molecule has 0 aliphatic heterocycles. The highest BCUT2D eigenvalue weighted by molar-refractivity contribution is 8.00. The molecule has 0 saturated carbocycles. The van der Waals surface area contributed by atoms with Gasteiger partial charge in [0.1, 0.15) is 0 Å². The fourth-order valence-electron chi connectivity index (χ4n) is 2.85. The Morgan fingerprint density at radius 3 is 2.38 bits per heavy atom. The van der Waals surface area contributed by atoms with Crippen molar-refractivity contribution in [3.8, 4) is 11.3 Å². The van der Waals surface area contributed by atoms with Crippen molar-refractivity contribution in [1.82, 2.24) is 15.2 Å². The Labute approximate surface area is 190 Å². The monoisotopic (exact) mass is 451 g/mol. The number of aryl methyl sites for hydroxylation is 2. The van der Waals surface area contributed by atoms with Crippen LogP contribution in [0, 0.1) is 13.8 Å².